The molecule has 1 aromatic heterocycles. The lowest BCUT2D eigenvalue weighted by Gasteiger charge is -2.21. The fraction of sp³-hybridized carbons (Fsp3) is 0.348. The molecule has 1 aliphatic heterocycles. The van der Waals surface area contributed by atoms with Crippen molar-refractivity contribution in [3.05, 3.63) is 54.2 Å². The summed E-state index contributed by atoms with van der Waals surface area (Å²) in [4.78, 5) is 14.3. The highest BCUT2D eigenvalue weighted by Crippen LogP contribution is 2.31. The number of hydrogen-bond donors (Lipinski definition) is 1. The Labute approximate surface area is 171 Å². The highest BCUT2D eigenvalue weighted by atomic mass is 16.6. The zero-order valence-electron chi connectivity index (χ0n) is 17.1. The quantitative estimate of drug-likeness (QED) is 0.682. The van der Waals surface area contributed by atoms with E-state index in [1.807, 2.05) is 30.3 Å². The fourth-order valence-corrected chi connectivity index (χ4v) is 3.58. The molecule has 152 valence electrons. The van der Waals surface area contributed by atoms with Gasteiger partial charge in [0, 0.05) is 42.9 Å². The predicted molar refractivity (Wildman–Crippen MR) is 115 cm³/mol. The first-order valence-corrected chi connectivity index (χ1v) is 9.99. The van der Waals surface area contributed by atoms with E-state index in [9.17, 15) is 4.79 Å². The summed E-state index contributed by atoms with van der Waals surface area (Å²) in [6.45, 7) is 6.99. The third-order valence-corrected chi connectivity index (χ3v) is 4.96. The lowest BCUT2D eigenvalue weighted by atomic mass is 10.2. The number of fused-ring (bicyclic) bond motifs is 2. The van der Waals surface area contributed by atoms with Gasteiger partial charge >= 0.3 is 6.03 Å². The molecule has 0 fully saturated rings. The Bertz CT molecular complexity index is 1030. The summed E-state index contributed by atoms with van der Waals surface area (Å²) in [7, 11) is 1.78. The van der Waals surface area contributed by atoms with E-state index in [1.165, 1.54) is 5.52 Å². The molecule has 6 nitrogen and oxygen atoms in total. The van der Waals surface area contributed by atoms with Crippen LogP contribution in [-0.2, 0) is 13.1 Å². The Morgan fingerprint density at radius 3 is 2.69 bits per heavy atom. The van der Waals surface area contributed by atoms with Crippen molar-refractivity contribution in [3.8, 4) is 11.5 Å². The summed E-state index contributed by atoms with van der Waals surface area (Å²) in [6, 6.07) is 13.8. The second kappa shape index (κ2) is 8.07. The number of nitrogens with zero attached hydrogens (tertiary/aromatic N) is 2. The smallest absolute Gasteiger partial charge is 0.321 e. The molecule has 0 saturated carbocycles. The van der Waals surface area contributed by atoms with Gasteiger partial charge < -0.3 is 24.3 Å². The second-order valence-corrected chi connectivity index (χ2v) is 7.90. The Balaban J connectivity index is 1.42. The number of hydrogen-bond acceptors (Lipinski definition) is 3. The number of carbonyl (C=O) groups is 1. The van der Waals surface area contributed by atoms with Gasteiger partial charge in [-0.05, 0) is 47.9 Å². The van der Waals surface area contributed by atoms with Gasteiger partial charge in [0.25, 0.3) is 0 Å². The Kier molecular flexibility index (Phi) is 5.34. The summed E-state index contributed by atoms with van der Waals surface area (Å²) in [6.07, 6.45) is 2.10. The monoisotopic (exact) mass is 393 g/mol. The zero-order valence-corrected chi connectivity index (χ0v) is 17.1. The molecule has 0 atom stereocenters. The standard InChI is InChI=1S/C23H27N3O3/c1-16(2)14-26-9-8-18-13-19(5-6-20(18)26)24-23(27)25(3)15-17-4-7-21-22(12-17)29-11-10-28-21/h4-9,12-13,16H,10-11,14-15H2,1-3H3,(H,24,27). The second-order valence-electron chi connectivity index (χ2n) is 7.90. The number of rotatable bonds is 5. The molecule has 1 aliphatic rings. The Morgan fingerprint density at radius 1 is 1.10 bits per heavy atom. The first-order chi connectivity index (χ1) is 14.0. The van der Waals surface area contributed by atoms with Gasteiger partial charge in [0.1, 0.15) is 13.2 Å². The summed E-state index contributed by atoms with van der Waals surface area (Å²) in [5, 5.41) is 4.11. The summed E-state index contributed by atoms with van der Waals surface area (Å²) < 4.78 is 13.4. The van der Waals surface area contributed by atoms with Crippen LogP contribution in [0.1, 0.15) is 19.4 Å². The van der Waals surface area contributed by atoms with E-state index in [-0.39, 0.29) is 6.03 Å². The molecule has 0 saturated heterocycles. The van der Waals surface area contributed by atoms with Crippen molar-refractivity contribution in [1.29, 1.82) is 0 Å². The van der Waals surface area contributed by atoms with E-state index >= 15 is 0 Å². The van der Waals surface area contributed by atoms with Crippen molar-refractivity contribution in [3.63, 3.8) is 0 Å². The maximum Gasteiger partial charge on any atom is 0.321 e. The van der Waals surface area contributed by atoms with Crippen LogP contribution < -0.4 is 14.8 Å². The van der Waals surface area contributed by atoms with Crippen LogP contribution >= 0.6 is 0 Å². The van der Waals surface area contributed by atoms with Gasteiger partial charge in [-0.15, -0.1) is 0 Å². The molecule has 2 aromatic carbocycles. The van der Waals surface area contributed by atoms with Crippen LogP contribution in [0.5, 0.6) is 11.5 Å². The molecule has 6 heteroatoms. The van der Waals surface area contributed by atoms with Gasteiger partial charge in [0.2, 0.25) is 0 Å². The molecular formula is C23H27N3O3. The van der Waals surface area contributed by atoms with Gasteiger partial charge in [-0.3, -0.25) is 0 Å². The van der Waals surface area contributed by atoms with Crippen LogP contribution in [0.2, 0.25) is 0 Å². The minimum absolute atomic E-state index is 0.152. The van der Waals surface area contributed by atoms with Crippen molar-refractivity contribution in [2.24, 2.45) is 5.92 Å². The number of ether oxygens (including phenoxy) is 2. The van der Waals surface area contributed by atoms with Gasteiger partial charge in [-0.1, -0.05) is 19.9 Å². The number of aromatic nitrogens is 1. The van der Waals surface area contributed by atoms with Crippen molar-refractivity contribution in [1.82, 2.24) is 9.47 Å². The fourth-order valence-electron chi connectivity index (χ4n) is 3.58. The van der Waals surface area contributed by atoms with Gasteiger partial charge in [-0.2, -0.15) is 0 Å². The molecular weight excluding hydrogens is 366 g/mol. The number of carbonyl (C=O) groups excluding carboxylic acids is 1. The molecule has 0 unspecified atom stereocenters. The van der Waals surface area contributed by atoms with E-state index in [1.54, 1.807) is 11.9 Å². The van der Waals surface area contributed by atoms with Crippen LogP contribution in [0.25, 0.3) is 10.9 Å². The topological polar surface area (TPSA) is 55.7 Å². The molecule has 2 amide bonds. The van der Waals surface area contributed by atoms with E-state index < -0.39 is 0 Å². The van der Waals surface area contributed by atoms with Crippen LogP contribution in [0, 0.1) is 5.92 Å². The molecule has 2 heterocycles. The van der Waals surface area contributed by atoms with Crippen molar-refractivity contribution < 1.29 is 14.3 Å². The zero-order chi connectivity index (χ0) is 20.4. The number of benzene rings is 2. The number of nitrogens with one attached hydrogen (secondary N) is 1. The summed E-state index contributed by atoms with van der Waals surface area (Å²) in [5.74, 6) is 2.07. The summed E-state index contributed by atoms with van der Waals surface area (Å²) >= 11 is 0. The van der Waals surface area contributed by atoms with E-state index in [2.05, 4.69) is 42.1 Å². The minimum Gasteiger partial charge on any atom is -0.486 e. The lowest BCUT2D eigenvalue weighted by Crippen LogP contribution is -2.30. The van der Waals surface area contributed by atoms with Crippen LogP contribution in [0.4, 0.5) is 10.5 Å². The number of anilines is 1. The van der Waals surface area contributed by atoms with Crippen molar-refractivity contribution in [2.75, 3.05) is 25.6 Å². The average molecular weight is 393 g/mol. The molecule has 3 aromatic rings. The highest BCUT2D eigenvalue weighted by Gasteiger charge is 2.15. The molecule has 0 bridgehead atoms. The Hall–Kier alpha value is -3.15. The molecule has 0 radical (unpaired) electrons. The maximum atomic E-state index is 12.6. The highest BCUT2D eigenvalue weighted by molar-refractivity contribution is 5.92. The molecule has 4 rings (SSSR count). The predicted octanol–water partition coefficient (Wildman–Crippen LogP) is 4.73. The largest absolute Gasteiger partial charge is 0.486 e. The average Bonchev–Trinajstić information content (AvgIpc) is 3.09. The van der Waals surface area contributed by atoms with E-state index in [0.717, 1.165) is 34.7 Å². The maximum absolute atomic E-state index is 12.6. The molecule has 0 spiro atoms. The Morgan fingerprint density at radius 2 is 1.90 bits per heavy atom. The van der Waals surface area contributed by atoms with Gasteiger partial charge in [0.15, 0.2) is 11.5 Å². The normalized spacial score (nSPS) is 13.0. The van der Waals surface area contributed by atoms with Crippen LogP contribution in [0.15, 0.2) is 48.7 Å². The third-order valence-electron chi connectivity index (χ3n) is 4.96. The van der Waals surface area contributed by atoms with Crippen LogP contribution in [0.3, 0.4) is 0 Å². The molecule has 29 heavy (non-hydrogen) atoms. The SMILES string of the molecule is CC(C)Cn1ccc2cc(NC(=O)N(C)Cc3ccc4c(c3)OCCO4)ccc21. The van der Waals surface area contributed by atoms with Gasteiger partial charge in [-0.25, -0.2) is 4.79 Å². The minimum atomic E-state index is -0.152. The molecule has 0 aliphatic carbocycles. The summed E-state index contributed by atoms with van der Waals surface area (Å²) in [5.41, 5.74) is 2.97. The van der Waals surface area contributed by atoms with E-state index in [0.29, 0.717) is 25.7 Å². The lowest BCUT2D eigenvalue weighted by molar-refractivity contribution is 0.171. The number of urea groups is 1. The first-order valence-electron chi connectivity index (χ1n) is 9.99. The number of amides is 2. The first kappa shape index (κ1) is 19.2. The van der Waals surface area contributed by atoms with Crippen molar-refractivity contribution in [2.45, 2.75) is 26.9 Å². The van der Waals surface area contributed by atoms with Crippen molar-refractivity contribution >= 4 is 22.6 Å². The van der Waals surface area contributed by atoms with Gasteiger partial charge in [0.05, 0.1) is 0 Å². The van der Waals surface area contributed by atoms with Crippen LogP contribution in [-0.4, -0.2) is 35.8 Å². The third kappa shape index (κ3) is 4.31. The van der Waals surface area contributed by atoms with E-state index in [4.69, 9.17) is 9.47 Å². The molecule has 1 N–H and O–H groups in total.